The lowest BCUT2D eigenvalue weighted by atomic mass is 10.1. The molecule has 6 nitrogen and oxygen atoms in total. The fourth-order valence-corrected chi connectivity index (χ4v) is 2.08. The molecule has 8 heteroatoms. The van der Waals surface area contributed by atoms with E-state index in [0.717, 1.165) is 0 Å². The number of hydrogen-bond acceptors (Lipinski definition) is 4. The lowest BCUT2D eigenvalue weighted by Gasteiger charge is -2.10. The highest BCUT2D eigenvalue weighted by atomic mass is 19.3. The Morgan fingerprint density at radius 3 is 2.86 bits per heavy atom. The second-order valence-electron chi connectivity index (χ2n) is 5.51. The normalized spacial score (nSPS) is 22.3. The van der Waals surface area contributed by atoms with Crippen LogP contribution in [-0.4, -0.2) is 38.4 Å². The Morgan fingerprint density at radius 1 is 1.50 bits per heavy atom. The minimum absolute atomic E-state index is 0.0159. The van der Waals surface area contributed by atoms with Crippen molar-refractivity contribution >= 4 is 5.97 Å². The minimum atomic E-state index is -2.70. The molecule has 1 atom stereocenters. The van der Waals surface area contributed by atoms with Crippen molar-refractivity contribution in [3.05, 3.63) is 36.2 Å². The van der Waals surface area contributed by atoms with E-state index in [1.54, 1.807) is 0 Å². The monoisotopic (exact) mass is 309 g/mol. The number of carboxylic acids is 1. The molecule has 2 aromatic heterocycles. The molecule has 2 heterocycles. The summed E-state index contributed by atoms with van der Waals surface area (Å²) in [5, 5.41) is 13.1. The van der Waals surface area contributed by atoms with E-state index in [-0.39, 0.29) is 30.3 Å². The van der Waals surface area contributed by atoms with Gasteiger partial charge in [-0.2, -0.15) is 0 Å². The number of aromatic nitrogens is 3. The fraction of sp³-hybridized carbons (Fsp3) is 0.357. The Kier molecular flexibility index (Phi) is 3.12. The summed E-state index contributed by atoms with van der Waals surface area (Å²) < 4.78 is 32.8. The standard InChI is InChI=1S/C14H13F2N3O3/c1-13(7-14(13,15)16)8-22-10-4-6-19(18-10)11-9(12(20)21)3-2-5-17-11/h2-6H,7-8H2,1H3,(H,20,21). The van der Waals surface area contributed by atoms with E-state index in [4.69, 9.17) is 9.84 Å². The summed E-state index contributed by atoms with van der Waals surface area (Å²) in [6.07, 6.45) is 2.71. The average molecular weight is 309 g/mol. The predicted molar refractivity (Wildman–Crippen MR) is 71.5 cm³/mol. The first-order valence-electron chi connectivity index (χ1n) is 6.57. The van der Waals surface area contributed by atoms with Crippen LogP contribution in [0.25, 0.3) is 5.82 Å². The number of nitrogens with zero attached hydrogens (tertiary/aromatic N) is 3. The number of halogens is 2. The van der Waals surface area contributed by atoms with E-state index in [1.165, 1.54) is 42.2 Å². The Balaban J connectivity index is 1.76. The Labute approximate surface area is 124 Å². The van der Waals surface area contributed by atoms with Crippen LogP contribution in [0.1, 0.15) is 23.7 Å². The third-order valence-corrected chi connectivity index (χ3v) is 3.71. The van der Waals surface area contributed by atoms with Crippen LogP contribution in [0.15, 0.2) is 30.6 Å². The van der Waals surface area contributed by atoms with Crippen molar-refractivity contribution < 1.29 is 23.4 Å². The zero-order chi connectivity index (χ0) is 16.0. The number of hydrogen-bond donors (Lipinski definition) is 1. The third kappa shape index (κ3) is 2.40. The van der Waals surface area contributed by atoms with Crippen molar-refractivity contribution in [3.63, 3.8) is 0 Å². The van der Waals surface area contributed by atoms with Crippen LogP contribution >= 0.6 is 0 Å². The van der Waals surface area contributed by atoms with Crippen molar-refractivity contribution in [1.29, 1.82) is 0 Å². The van der Waals surface area contributed by atoms with Crippen LogP contribution in [0.5, 0.6) is 5.88 Å². The lowest BCUT2D eigenvalue weighted by molar-refractivity contribution is 0.0489. The second kappa shape index (κ2) is 4.75. The van der Waals surface area contributed by atoms with Gasteiger partial charge in [0, 0.05) is 24.9 Å². The van der Waals surface area contributed by atoms with Crippen LogP contribution < -0.4 is 4.74 Å². The summed E-state index contributed by atoms with van der Waals surface area (Å²) in [5.41, 5.74) is -1.17. The third-order valence-electron chi connectivity index (χ3n) is 3.71. The Morgan fingerprint density at radius 2 is 2.23 bits per heavy atom. The van der Waals surface area contributed by atoms with E-state index in [0.29, 0.717) is 0 Å². The minimum Gasteiger partial charge on any atom is -0.478 e. The van der Waals surface area contributed by atoms with Gasteiger partial charge in [0.05, 0.1) is 5.41 Å². The van der Waals surface area contributed by atoms with E-state index >= 15 is 0 Å². The quantitative estimate of drug-likeness (QED) is 0.917. The number of pyridine rings is 1. The summed E-state index contributed by atoms with van der Waals surface area (Å²) in [6, 6.07) is 4.38. The maximum Gasteiger partial charge on any atom is 0.339 e. The van der Waals surface area contributed by atoms with Gasteiger partial charge in [0.1, 0.15) is 12.2 Å². The van der Waals surface area contributed by atoms with Gasteiger partial charge in [-0.25, -0.2) is 23.2 Å². The highest BCUT2D eigenvalue weighted by Gasteiger charge is 2.68. The number of alkyl halides is 2. The van der Waals surface area contributed by atoms with Crippen molar-refractivity contribution in [2.45, 2.75) is 19.3 Å². The molecule has 0 aliphatic heterocycles. The molecular weight excluding hydrogens is 296 g/mol. The molecule has 0 saturated heterocycles. The molecule has 1 aliphatic carbocycles. The Hall–Kier alpha value is -2.51. The first-order valence-corrected chi connectivity index (χ1v) is 6.57. The molecule has 0 bridgehead atoms. The molecule has 0 radical (unpaired) electrons. The maximum absolute atomic E-state index is 13.1. The van der Waals surface area contributed by atoms with Gasteiger partial charge >= 0.3 is 5.97 Å². The number of ether oxygens (including phenoxy) is 1. The highest BCUT2D eigenvalue weighted by Crippen LogP contribution is 2.60. The predicted octanol–water partition coefficient (Wildman–Crippen LogP) is 2.39. The van der Waals surface area contributed by atoms with Gasteiger partial charge in [-0.3, -0.25) is 0 Å². The first-order chi connectivity index (χ1) is 10.3. The van der Waals surface area contributed by atoms with Crippen molar-refractivity contribution in [1.82, 2.24) is 14.8 Å². The molecule has 1 N–H and O–H groups in total. The summed E-state index contributed by atoms with van der Waals surface area (Å²) in [6.45, 7) is 1.30. The van der Waals surface area contributed by atoms with Crippen molar-refractivity contribution in [2.75, 3.05) is 6.61 Å². The SMILES string of the molecule is CC1(COc2ccn(-c3ncccc3C(=O)O)n2)CC1(F)F. The van der Waals surface area contributed by atoms with Crippen molar-refractivity contribution in [2.24, 2.45) is 5.41 Å². The summed E-state index contributed by atoms with van der Waals surface area (Å²) in [5.74, 6) is -3.56. The van der Waals surface area contributed by atoms with Gasteiger partial charge in [-0.15, -0.1) is 5.10 Å². The van der Waals surface area contributed by atoms with Crippen LogP contribution in [0, 0.1) is 5.41 Å². The number of rotatable bonds is 5. The maximum atomic E-state index is 13.1. The van der Waals surface area contributed by atoms with Gasteiger partial charge in [0.25, 0.3) is 5.92 Å². The summed E-state index contributed by atoms with van der Waals surface area (Å²) >= 11 is 0. The van der Waals surface area contributed by atoms with Crippen molar-refractivity contribution in [3.8, 4) is 11.7 Å². The van der Waals surface area contributed by atoms with E-state index in [1.807, 2.05) is 0 Å². The van der Waals surface area contributed by atoms with Gasteiger partial charge in [0.2, 0.25) is 5.88 Å². The molecule has 22 heavy (non-hydrogen) atoms. The van der Waals surface area contributed by atoms with E-state index in [2.05, 4.69) is 10.1 Å². The average Bonchev–Trinajstić information content (AvgIpc) is 2.83. The lowest BCUT2D eigenvalue weighted by Crippen LogP contribution is -2.17. The smallest absolute Gasteiger partial charge is 0.339 e. The van der Waals surface area contributed by atoms with Crippen LogP contribution in [0.2, 0.25) is 0 Å². The van der Waals surface area contributed by atoms with E-state index < -0.39 is 17.3 Å². The molecule has 1 aliphatic rings. The molecule has 0 spiro atoms. The molecule has 3 rings (SSSR count). The van der Waals surface area contributed by atoms with Crippen LogP contribution in [0.4, 0.5) is 8.78 Å². The topological polar surface area (TPSA) is 77.2 Å². The first kappa shape index (κ1) is 14.4. The van der Waals surface area contributed by atoms with E-state index in [9.17, 15) is 13.6 Å². The van der Waals surface area contributed by atoms with Crippen LogP contribution in [-0.2, 0) is 0 Å². The molecule has 0 aromatic carbocycles. The number of carboxylic acid groups (broad SMARTS) is 1. The van der Waals surface area contributed by atoms with Gasteiger partial charge < -0.3 is 9.84 Å². The molecule has 1 unspecified atom stereocenters. The molecule has 0 amide bonds. The van der Waals surface area contributed by atoms with Gasteiger partial charge in [-0.1, -0.05) is 6.92 Å². The zero-order valence-corrected chi connectivity index (χ0v) is 11.7. The fourth-order valence-electron chi connectivity index (χ4n) is 2.08. The number of aromatic carboxylic acids is 1. The molecule has 1 fully saturated rings. The largest absolute Gasteiger partial charge is 0.478 e. The zero-order valence-electron chi connectivity index (χ0n) is 11.7. The van der Waals surface area contributed by atoms with Gasteiger partial charge in [-0.05, 0) is 12.1 Å². The Bertz CT molecular complexity index is 732. The second-order valence-corrected chi connectivity index (χ2v) is 5.51. The number of carbonyl (C=O) groups is 1. The van der Waals surface area contributed by atoms with Crippen LogP contribution in [0.3, 0.4) is 0 Å². The molecule has 116 valence electrons. The molecular formula is C14H13F2N3O3. The molecule has 2 aromatic rings. The van der Waals surface area contributed by atoms with Gasteiger partial charge in [0.15, 0.2) is 5.82 Å². The molecule has 1 saturated carbocycles. The summed E-state index contributed by atoms with van der Waals surface area (Å²) in [7, 11) is 0. The highest BCUT2D eigenvalue weighted by molar-refractivity contribution is 5.90. The summed E-state index contributed by atoms with van der Waals surface area (Å²) in [4.78, 5) is 15.1.